The highest BCUT2D eigenvalue weighted by molar-refractivity contribution is 7.80. The SMILES string of the molecule is CC(C)(C)NC(=O)c1sc2c(NC(=S)NC(=O)Cc3ccccc3)cccc2c1Cl. The number of rotatable bonds is 4. The number of thiophene rings is 1. The van der Waals surface area contributed by atoms with Gasteiger partial charge in [0.2, 0.25) is 5.91 Å². The number of carbonyl (C=O) groups is 2. The molecule has 3 aromatic rings. The fourth-order valence-electron chi connectivity index (χ4n) is 2.84. The molecule has 0 atom stereocenters. The van der Waals surface area contributed by atoms with Gasteiger partial charge in [-0.2, -0.15) is 0 Å². The summed E-state index contributed by atoms with van der Waals surface area (Å²) in [6.45, 7) is 5.74. The summed E-state index contributed by atoms with van der Waals surface area (Å²) in [5, 5.41) is 10.0. The zero-order valence-corrected chi connectivity index (χ0v) is 19.2. The molecule has 1 aromatic heterocycles. The Balaban J connectivity index is 1.76. The average Bonchev–Trinajstić information content (AvgIpc) is 2.99. The predicted octanol–water partition coefficient (Wildman–Crippen LogP) is 5.14. The van der Waals surface area contributed by atoms with E-state index in [-0.39, 0.29) is 28.9 Å². The monoisotopic (exact) mass is 459 g/mol. The van der Waals surface area contributed by atoms with Crippen molar-refractivity contribution >= 4 is 67.9 Å². The Hall–Kier alpha value is -2.48. The van der Waals surface area contributed by atoms with Crippen LogP contribution in [0.15, 0.2) is 48.5 Å². The van der Waals surface area contributed by atoms with E-state index >= 15 is 0 Å². The zero-order chi connectivity index (χ0) is 21.9. The van der Waals surface area contributed by atoms with E-state index in [9.17, 15) is 9.59 Å². The molecule has 0 spiro atoms. The average molecular weight is 460 g/mol. The van der Waals surface area contributed by atoms with Crippen molar-refractivity contribution in [3.05, 3.63) is 64.0 Å². The van der Waals surface area contributed by atoms with Gasteiger partial charge in [-0.15, -0.1) is 11.3 Å². The molecule has 30 heavy (non-hydrogen) atoms. The van der Waals surface area contributed by atoms with Gasteiger partial charge in [0.1, 0.15) is 4.88 Å². The second-order valence-corrected chi connectivity index (χ2v) is 9.60. The van der Waals surface area contributed by atoms with E-state index in [4.69, 9.17) is 23.8 Å². The largest absolute Gasteiger partial charge is 0.347 e. The molecule has 0 aliphatic rings. The van der Waals surface area contributed by atoms with Crippen LogP contribution < -0.4 is 16.0 Å². The molecular formula is C22H22ClN3O2S2. The van der Waals surface area contributed by atoms with Crippen molar-refractivity contribution < 1.29 is 9.59 Å². The number of fused-ring (bicyclic) bond motifs is 1. The molecule has 0 saturated carbocycles. The van der Waals surface area contributed by atoms with Crippen molar-refractivity contribution in [1.29, 1.82) is 0 Å². The van der Waals surface area contributed by atoms with Gasteiger partial charge in [-0.05, 0) is 44.6 Å². The topological polar surface area (TPSA) is 70.2 Å². The van der Waals surface area contributed by atoms with Gasteiger partial charge in [-0.1, -0.05) is 54.1 Å². The van der Waals surface area contributed by atoms with Crippen LogP contribution >= 0.6 is 35.2 Å². The first kappa shape index (κ1) is 22.2. The number of halogens is 1. The van der Waals surface area contributed by atoms with Crippen LogP contribution in [0.1, 0.15) is 36.0 Å². The maximum absolute atomic E-state index is 12.6. The molecule has 0 saturated heterocycles. The molecule has 0 aliphatic carbocycles. The highest BCUT2D eigenvalue weighted by Gasteiger charge is 2.22. The number of amides is 2. The Morgan fingerprint density at radius 2 is 1.77 bits per heavy atom. The standard InChI is InChI=1S/C22H22ClN3O2S2/c1-22(2,3)26-20(28)19-17(23)14-10-7-11-15(18(14)30-19)24-21(29)25-16(27)12-13-8-5-4-6-9-13/h4-11H,12H2,1-3H3,(H,26,28)(H2,24,25,27,29). The van der Waals surface area contributed by atoms with E-state index in [1.807, 2.05) is 69.3 Å². The fraction of sp³-hybridized carbons (Fsp3) is 0.227. The van der Waals surface area contributed by atoms with Gasteiger partial charge in [0.25, 0.3) is 5.91 Å². The molecule has 3 rings (SSSR count). The molecule has 156 valence electrons. The minimum atomic E-state index is -0.373. The molecule has 0 aliphatic heterocycles. The van der Waals surface area contributed by atoms with Gasteiger partial charge in [0.05, 0.1) is 21.8 Å². The summed E-state index contributed by atoms with van der Waals surface area (Å²) in [4.78, 5) is 25.3. The molecule has 1 heterocycles. The lowest BCUT2D eigenvalue weighted by molar-refractivity contribution is -0.119. The first-order valence-corrected chi connectivity index (χ1v) is 10.9. The van der Waals surface area contributed by atoms with Crippen LogP contribution in [0, 0.1) is 0 Å². The predicted molar refractivity (Wildman–Crippen MR) is 129 cm³/mol. The summed E-state index contributed by atoms with van der Waals surface area (Å²) >= 11 is 13.1. The van der Waals surface area contributed by atoms with Crippen LogP contribution in [0.3, 0.4) is 0 Å². The second-order valence-electron chi connectivity index (χ2n) is 7.80. The minimum Gasteiger partial charge on any atom is -0.347 e. The molecular weight excluding hydrogens is 438 g/mol. The Morgan fingerprint density at radius 1 is 1.07 bits per heavy atom. The molecule has 0 radical (unpaired) electrons. The maximum Gasteiger partial charge on any atom is 0.263 e. The number of carbonyl (C=O) groups excluding carboxylic acids is 2. The van der Waals surface area contributed by atoms with Crippen LogP contribution in [0.5, 0.6) is 0 Å². The Kier molecular flexibility index (Phi) is 6.75. The third-order valence-electron chi connectivity index (χ3n) is 4.06. The van der Waals surface area contributed by atoms with E-state index in [1.165, 1.54) is 11.3 Å². The van der Waals surface area contributed by atoms with Crippen molar-refractivity contribution in [2.75, 3.05) is 5.32 Å². The van der Waals surface area contributed by atoms with Gasteiger partial charge in [-0.3, -0.25) is 9.59 Å². The molecule has 2 amide bonds. The minimum absolute atomic E-state index is 0.189. The fourth-order valence-corrected chi connectivity index (χ4v) is 4.53. The van der Waals surface area contributed by atoms with Gasteiger partial charge in [-0.25, -0.2) is 0 Å². The van der Waals surface area contributed by atoms with Gasteiger partial charge >= 0.3 is 0 Å². The molecule has 0 unspecified atom stereocenters. The highest BCUT2D eigenvalue weighted by Crippen LogP contribution is 2.39. The van der Waals surface area contributed by atoms with E-state index in [1.54, 1.807) is 0 Å². The van der Waals surface area contributed by atoms with E-state index in [0.29, 0.717) is 15.6 Å². The Morgan fingerprint density at radius 3 is 2.43 bits per heavy atom. The summed E-state index contributed by atoms with van der Waals surface area (Å²) in [5.41, 5.74) is 1.21. The summed E-state index contributed by atoms with van der Waals surface area (Å²) in [7, 11) is 0. The summed E-state index contributed by atoms with van der Waals surface area (Å²) < 4.78 is 0.793. The van der Waals surface area contributed by atoms with Crippen LogP contribution in [0.4, 0.5) is 5.69 Å². The molecule has 8 heteroatoms. The lowest BCUT2D eigenvalue weighted by atomic mass is 10.1. The maximum atomic E-state index is 12.6. The summed E-state index contributed by atoms with van der Waals surface area (Å²) in [6, 6.07) is 14.9. The quantitative estimate of drug-likeness (QED) is 0.472. The van der Waals surface area contributed by atoms with E-state index < -0.39 is 0 Å². The smallest absolute Gasteiger partial charge is 0.263 e. The van der Waals surface area contributed by atoms with Gasteiger partial charge in [0.15, 0.2) is 5.11 Å². The second kappa shape index (κ2) is 9.12. The number of hydrogen-bond acceptors (Lipinski definition) is 4. The van der Waals surface area contributed by atoms with Crippen molar-refractivity contribution in [3.8, 4) is 0 Å². The summed E-state index contributed by atoms with van der Waals surface area (Å²) in [6.07, 6.45) is 0.231. The van der Waals surface area contributed by atoms with Crippen molar-refractivity contribution in [1.82, 2.24) is 10.6 Å². The Bertz CT molecular complexity index is 1100. The van der Waals surface area contributed by atoms with Crippen LogP contribution in [-0.2, 0) is 11.2 Å². The third kappa shape index (κ3) is 5.56. The first-order valence-electron chi connectivity index (χ1n) is 9.32. The van der Waals surface area contributed by atoms with Gasteiger partial charge in [0, 0.05) is 10.9 Å². The number of hydrogen-bond donors (Lipinski definition) is 3. The number of anilines is 1. The first-order chi connectivity index (χ1) is 14.1. The summed E-state index contributed by atoms with van der Waals surface area (Å²) in [5.74, 6) is -0.432. The van der Waals surface area contributed by atoms with Gasteiger partial charge < -0.3 is 16.0 Å². The molecule has 0 fully saturated rings. The number of thiocarbonyl (C=S) groups is 1. The van der Waals surface area contributed by atoms with E-state index in [2.05, 4.69) is 16.0 Å². The highest BCUT2D eigenvalue weighted by atomic mass is 35.5. The van der Waals surface area contributed by atoms with Crippen LogP contribution in [0.2, 0.25) is 5.02 Å². The Labute approximate surface area is 189 Å². The number of nitrogens with one attached hydrogen (secondary N) is 3. The van der Waals surface area contributed by atoms with E-state index in [0.717, 1.165) is 15.6 Å². The molecule has 3 N–H and O–H groups in total. The lowest BCUT2D eigenvalue weighted by Gasteiger charge is -2.19. The molecule has 2 aromatic carbocycles. The molecule has 5 nitrogen and oxygen atoms in total. The van der Waals surface area contributed by atoms with Crippen LogP contribution in [-0.4, -0.2) is 22.5 Å². The van der Waals surface area contributed by atoms with Crippen LogP contribution in [0.25, 0.3) is 10.1 Å². The lowest BCUT2D eigenvalue weighted by Crippen LogP contribution is -2.40. The third-order valence-corrected chi connectivity index (χ3v) is 6.00. The van der Waals surface area contributed by atoms with Crippen molar-refractivity contribution in [2.45, 2.75) is 32.7 Å². The zero-order valence-electron chi connectivity index (χ0n) is 16.8. The molecule has 0 bridgehead atoms. The van der Waals surface area contributed by atoms with Crippen molar-refractivity contribution in [3.63, 3.8) is 0 Å². The number of benzene rings is 2. The normalized spacial score (nSPS) is 11.2. The van der Waals surface area contributed by atoms with Crippen molar-refractivity contribution in [2.24, 2.45) is 0 Å².